The second-order valence-electron chi connectivity index (χ2n) is 8.97. The molecular weight excluding hydrogens is 424 g/mol. The van der Waals surface area contributed by atoms with Gasteiger partial charge in [-0.25, -0.2) is 0 Å². The molecule has 0 radical (unpaired) electrons. The maximum atomic E-state index is 12.4. The number of unbranched alkanes of at least 4 members (excludes halogenated alkanes) is 13. The summed E-state index contributed by atoms with van der Waals surface area (Å²) in [6.45, 7) is 11.1. The Hall–Kier alpha value is -0.350. The van der Waals surface area contributed by atoms with Crippen LogP contribution in [0.2, 0.25) is 0 Å². The number of hydrogen-bond acceptors (Lipinski definition) is 2. The number of halogens is 1. The van der Waals surface area contributed by atoms with Crippen LogP contribution in [0.4, 0.5) is 0 Å². The van der Waals surface area contributed by atoms with E-state index in [1.807, 2.05) is 14.0 Å². The predicted molar refractivity (Wildman–Crippen MR) is 135 cm³/mol. The van der Waals surface area contributed by atoms with Crippen LogP contribution in [0.25, 0.3) is 0 Å². The zero-order valence-corrected chi connectivity index (χ0v) is 21.8. The number of amides is 1. The van der Waals surface area contributed by atoms with Crippen molar-refractivity contribution in [1.29, 1.82) is 0 Å². The van der Waals surface area contributed by atoms with E-state index in [4.69, 9.17) is 5.73 Å². The van der Waals surface area contributed by atoms with Crippen molar-refractivity contribution in [2.24, 2.45) is 5.73 Å². The first-order valence-electron chi connectivity index (χ1n) is 12.1. The Balaban J connectivity index is 0. The van der Waals surface area contributed by atoms with E-state index in [1.165, 1.54) is 83.5 Å². The van der Waals surface area contributed by atoms with Gasteiger partial charge in [-0.2, -0.15) is 0 Å². The van der Waals surface area contributed by atoms with Crippen LogP contribution in [0.1, 0.15) is 124 Å². The molecule has 0 spiro atoms. The van der Waals surface area contributed by atoms with E-state index in [0.717, 1.165) is 25.8 Å². The summed E-state index contributed by atoms with van der Waals surface area (Å²) >= 11 is 0. The number of hydrogen-bond donors (Lipinski definition) is 1. The molecule has 0 aromatic heterocycles. The third-order valence-electron chi connectivity index (χ3n) is 5.90. The molecule has 1 amide bonds. The lowest BCUT2D eigenvalue weighted by Gasteiger charge is -2.29. The highest BCUT2D eigenvalue weighted by Crippen LogP contribution is 2.22. The minimum Gasteiger partial charge on any atom is -0.342 e. The van der Waals surface area contributed by atoms with Crippen molar-refractivity contribution in [3.05, 3.63) is 12.2 Å². The average Bonchev–Trinajstić information content (AvgIpc) is 2.67. The molecule has 4 heteroatoms. The highest BCUT2D eigenvalue weighted by molar-refractivity contribution is 8.93. The first kappa shape index (κ1) is 30.8. The number of rotatable bonds is 19. The molecule has 174 valence electrons. The molecule has 0 heterocycles. The fourth-order valence-corrected chi connectivity index (χ4v) is 3.75. The Labute approximate surface area is 193 Å². The quantitative estimate of drug-likeness (QED) is 0.155. The topological polar surface area (TPSA) is 46.3 Å². The number of carbonyl (C=O) groups excluding carboxylic acids is 1. The lowest BCUT2D eigenvalue weighted by Crippen LogP contribution is -2.44. The molecule has 0 aromatic rings. The van der Waals surface area contributed by atoms with Crippen molar-refractivity contribution in [2.75, 3.05) is 13.6 Å². The number of nitrogens with two attached hydrogens (primary N) is 1. The Bertz CT molecular complexity index is 410. The molecule has 2 N–H and O–H groups in total. The first-order valence-corrected chi connectivity index (χ1v) is 12.1. The smallest absolute Gasteiger partial charge is 0.250 e. The van der Waals surface area contributed by atoms with Gasteiger partial charge in [0, 0.05) is 24.7 Å². The summed E-state index contributed by atoms with van der Waals surface area (Å²) < 4.78 is 0. The standard InChI is InChI=1S/C25H50N2O.BrH/c1-6-8-9-10-11-12-13-14-15-16-17-18-19-20-21-25(4,26)23(3)24(28)27(5)22-7-2;/h3,6-22,26H2,1-2,4-5H3;1H. The summed E-state index contributed by atoms with van der Waals surface area (Å²) in [5.41, 5.74) is 6.36. The van der Waals surface area contributed by atoms with Crippen LogP contribution < -0.4 is 5.73 Å². The zero-order chi connectivity index (χ0) is 21.3. The van der Waals surface area contributed by atoms with E-state index in [0.29, 0.717) is 5.57 Å². The Morgan fingerprint density at radius 2 is 1.17 bits per heavy atom. The van der Waals surface area contributed by atoms with Gasteiger partial charge in [-0.05, 0) is 19.8 Å². The maximum absolute atomic E-state index is 12.4. The summed E-state index contributed by atoms with van der Waals surface area (Å²) in [5, 5.41) is 0. The minimum absolute atomic E-state index is 0. The van der Waals surface area contributed by atoms with Crippen LogP contribution >= 0.6 is 17.0 Å². The molecule has 0 rings (SSSR count). The molecule has 1 unspecified atom stereocenters. The predicted octanol–water partition coefficient (Wildman–Crippen LogP) is 7.58. The first-order chi connectivity index (χ1) is 13.4. The Kier molecular flexibility index (Phi) is 20.8. The SMILES string of the molecule is Br.C=C(C(=O)N(C)CCC)C(C)(N)CCCCCCCCCCCCCCCC. The summed E-state index contributed by atoms with van der Waals surface area (Å²) in [7, 11) is 1.83. The largest absolute Gasteiger partial charge is 0.342 e. The van der Waals surface area contributed by atoms with Gasteiger partial charge < -0.3 is 10.6 Å². The van der Waals surface area contributed by atoms with Crippen LogP contribution in [0.15, 0.2) is 12.2 Å². The van der Waals surface area contributed by atoms with Gasteiger partial charge in [-0.1, -0.05) is 110 Å². The molecule has 0 aliphatic carbocycles. The second kappa shape index (κ2) is 19.6. The third kappa shape index (κ3) is 16.1. The van der Waals surface area contributed by atoms with E-state index >= 15 is 0 Å². The molecule has 0 fully saturated rings. The fourth-order valence-electron chi connectivity index (χ4n) is 3.75. The zero-order valence-electron chi connectivity index (χ0n) is 20.1. The maximum Gasteiger partial charge on any atom is 0.250 e. The molecule has 0 bridgehead atoms. The lowest BCUT2D eigenvalue weighted by molar-refractivity contribution is -0.126. The van der Waals surface area contributed by atoms with Crippen LogP contribution in [0.5, 0.6) is 0 Å². The van der Waals surface area contributed by atoms with Crippen LogP contribution in [0.3, 0.4) is 0 Å². The highest BCUT2D eigenvalue weighted by Gasteiger charge is 2.28. The molecule has 3 nitrogen and oxygen atoms in total. The summed E-state index contributed by atoms with van der Waals surface area (Å²) in [5.74, 6) is -0.00258. The van der Waals surface area contributed by atoms with Crippen LogP contribution in [0, 0.1) is 0 Å². The normalized spacial score (nSPS) is 12.9. The van der Waals surface area contributed by atoms with Gasteiger partial charge in [-0.3, -0.25) is 4.79 Å². The van der Waals surface area contributed by atoms with Gasteiger partial charge in [0.05, 0.1) is 0 Å². The second-order valence-corrected chi connectivity index (χ2v) is 8.97. The average molecular weight is 476 g/mol. The Morgan fingerprint density at radius 1 is 0.793 bits per heavy atom. The van der Waals surface area contributed by atoms with E-state index in [-0.39, 0.29) is 22.9 Å². The highest BCUT2D eigenvalue weighted by atomic mass is 79.9. The summed E-state index contributed by atoms with van der Waals surface area (Å²) in [4.78, 5) is 14.1. The molecule has 0 saturated carbocycles. The minimum atomic E-state index is -0.587. The van der Waals surface area contributed by atoms with Crippen LogP contribution in [-0.2, 0) is 4.79 Å². The molecule has 1 atom stereocenters. The molecule has 29 heavy (non-hydrogen) atoms. The fraction of sp³-hybridized carbons (Fsp3) is 0.880. The van der Waals surface area contributed by atoms with Gasteiger partial charge in [0.15, 0.2) is 0 Å². The lowest BCUT2D eigenvalue weighted by atomic mass is 9.87. The van der Waals surface area contributed by atoms with Crippen molar-refractivity contribution in [3.8, 4) is 0 Å². The monoisotopic (exact) mass is 474 g/mol. The van der Waals surface area contributed by atoms with Crippen molar-refractivity contribution < 1.29 is 4.79 Å². The van der Waals surface area contributed by atoms with Gasteiger partial charge in [0.1, 0.15) is 0 Å². The van der Waals surface area contributed by atoms with Gasteiger partial charge in [-0.15, -0.1) is 17.0 Å². The number of carbonyl (C=O) groups is 1. The number of nitrogens with zero attached hydrogens (tertiary/aromatic N) is 1. The number of likely N-dealkylation sites (N-methyl/N-ethyl adjacent to an activating group) is 1. The van der Waals surface area contributed by atoms with Crippen molar-refractivity contribution >= 4 is 22.9 Å². The van der Waals surface area contributed by atoms with Gasteiger partial charge in [0.2, 0.25) is 0 Å². The molecular formula is C25H51BrN2O. The van der Waals surface area contributed by atoms with Gasteiger partial charge in [0.25, 0.3) is 5.91 Å². The van der Waals surface area contributed by atoms with E-state index in [1.54, 1.807) is 4.90 Å². The van der Waals surface area contributed by atoms with Crippen LogP contribution in [-0.4, -0.2) is 29.9 Å². The Morgan fingerprint density at radius 3 is 1.55 bits per heavy atom. The molecule has 0 aliphatic rings. The third-order valence-corrected chi connectivity index (χ3v) is 5.90. The van der Waals surface area contributed by atoms with Crippen molar-refractivity contribution in [2.45, 2.75) is 129 Å². The van der Waals surface area contributed by atoms with Crippen molar-refractivity contribution in [1.82, 2.24) is 4.90 Å². The molecule has 0 saturated heterocycles. The van der Waals surface area contributed by atoms with E-state index in [2.05, 4.69) is 20.4 Å². The van der Waals surface area contributed by atoms with E-state index in [9.17, 15) is 4.79 Å². The molecule has 0 aliphatic heterocycles. The molecule has 0 aromatic carbocycles. The van der Waals surface area contributed by atoms with Crippen molar-refractivity contribution in [3.63, 3.8) is 0 Å². The summed E-state index contributed by atoms with van der Waals surface area (Å²) in [6.07, 6.45) is 20.7. The van der Waals surface area contributed by atoms with Gasteiger partial charge >= 0.3 is 0 Å². The summed E-state index contributed by atoms with van der Waals surface area (Å²) in [6, 6.07) is 0. The van der Waals surface area contributed by atoms with E-state index < -0.39 is 5.54 Å².